The number of carbonyl (C=O) groups is 1. The lowest BCUT2D eigenvalue weighted by Gasteiger charge is -2.50. The van der Waals surface area contributed by atoms with Gasteiger partial charge in [-0.1, -0.05) is 0 Å². The molecule has 0 aromatic heterocycles. The Bertz CT molecular complexity index is 483. The molecule has 3 atom stereocenters. The number of hydrogen-bond donors (Lipinski definition) is 0. The minimum atomic E-state index is -0.555. The molecule has 6 heteroatoms. The SMILES string of the molecule is CC(=O)OC[C@]12C[C@@H]3OC=C[C@@]1(CCC1(C2)OCCO1)O3. The van der Waals surface area contributed by atoms with E-state index < -0.39 is 11.4 Å². The highest BCUT2D eigenvalue weighted by Gasteiger charge is 2.67. The van der Waals surface area contributed by atoms with Crippen LogP contribution in [-0.2, 0) is 28.5 Å². The average Bonchev–Trinajstić information content (AvgIpc) is 2.98. The maximum Gasteiger partial charge on any atom is 0.302 e. The maximum absolute atomic E-state index is 11.3. The van der Waals surface area contributed by atoms with Crippen molar-refractivity contribution < 1.29 is 28.5 Å². The van der Waals surface area contributed by atoms with Gasteiger partial charge < -0.3 is 23.7 Å². The van der Waals surface area contributed by atoms with Gasteiger partial charge in [-0.3, -0.25) is 4.79 Å². The van der Waals surface area contributed by atoms with Crippen LogP contribution in [0.1, 0.15) is 32.6 Å². The maximum atomic E-state index is 11.3. The van der Waals surface area contributed by atoms with Crippen molar-refractivity contribution in [3.05, 3.63) is 12.3 Å². The Labute approximate surface area is 123 Å². The van der Waals surface area contributed by atoms with E-state index in [1.165, 1.54) is 6.92 Å². The molecule has 0 radical (unpaired) electrons. The lowest BCUT2D eigenvalue weighted by atomic mass is 9.61. The molecule has 3 fully saturated rings. The van der Waals surface area contributed by atoms with E-state index in [1.807, 2.05) is 6.08 Å². The fourth-order valence-corrected chi connectivity index (χ4v) is 4.25. The Balaban J connectivity index is 1.68. The largest absolute Gasteiger partial charge is 0.473 e. The molecule has 1 saturated carbocycles. The predicted molar refractivity (Wildman–Crippen MR) is 70.0 cm³/mol. The van der Waals surface area contributed by atoms with Crippen molar-refractivity contribution in [2.75, 3.05) is 19.8 Å². The van der Waals surface area contributed by atoms with Crippen molar-refractivity contribution in [1.82, 2.24) is 0 Å². The smallest absolute Gasteiger partial charge is 0.302 e. The van der Waals surface area contributed by atoms with Crippen molar-refractivity contribution in [2.24, 2.45) is 5.41 Å². The first-order valence-corrected chi connectivity index (χ1v) is 7.50. The molecule has 2 spiro atoms. The van der Waals surface area contributed by atoms with E-state index in [1.54, 1.807) is 6.26 Å². The fourth-order valence-electron chi connectivity index (χ4n) is 4.25. The van der Waals surface area contributed by atoms with Gasteiger partial charge in [0.1, 0.15) is 12.2 Å². The molecule has 0 N–H and O–H groups in total. The highest BCUT2D eigenvalue weighted by molar-refractivity contribution is 5.66. The molecule has 4 rings (SSSR count). The van der Waals surface area contributed by atoms with Gasteiger partial charge in [0.15, 0.2) is 5.79 Å². The molecular formula is C15H20O6. The summed E-state index contributed by atoms with van der Waals surface area (Å²) in [5.74, 6) is -0.834. The fraction of sp³-hybridized carbons (Fsp3) is 0.800. The van der Waals surface area contributed by atoms with E-state index in [-0.39, 0.29) is 17.7 Å². The van der Waals surface area contributed by atoms with Crippen LogP contribution in [0.25, 0.3) is 0 Å². The molecule has 3 heterocycles. The second kappa shape index (κ2) is 4.44. The predicted octanol–water partition coefficient (Wildman–Crippen LogP) is 1.49. The van der Waals surface area contributed by atoms with Gasteiger partial charge in [0, 0.05) is 31.6 Å². The standard InChI is InChI=1S/C15H20O6/c1-11(16)18-10-13-8-12-17-5-4-14(13,21-12)2-3-15(9-13)19-6-7-20-15/h4-5,12H,2-3,6-10H2,1H3/t12-,13-,14-/m1/s1. The molecule has 3 aliphatic heterocycles. The zero-order chi connectivity index (χ0) is 14.6. The molecule has 1 aliphatic carbocycles. The lowest BCUT2D eigenvalue weighted by Crippen LogP contribution is -2.57. The summed E-state index contributed by atoms with van der Waals surface area (Å²) >= 11 is 0. The van der Waals surface area contributed by atoms with Gasteiger partial charge >= 0.3 is 5.97 Å². The normalized spacial score (nSPS) is 42.6. The van der Waals surface area contributed by atoms with Crippen LogP contribution in [-0.4, -0.2) is 43.5 Å². The van der Waals surface area contributed by atoms with Crippen molar-refractivity contribution in [1.29, 1.82) is 0 Å². The molecule has 0 aromatic carbocycles. The lowest BCUT2D eigenvalue weighted by molar-refractivity contribution is -0.246. The minimum absolute atomic E-state index is 0.276. The molecule has 2 saturated heterocycles. The molecule has 0 unspecified atom stereocenters. The first-order chi connectivity index (χ1) is 10.1. The van der Waals surface area contributed by atoms with Crippen LogP contribution in [0.15, 0.2) is 12.3 Å². The summed E-state index contributed by atoms with van der Waals surface area (Å²) in [5, 5.41) is 0. The summed E-state index contributed by atoms with van der Waals surface area (Å²) in [5.41, 5.74) is -0.787. The first-order valence-electron chi connectivity index (χ1n) is 7.50. The quantitative estimate of drug-likeness (QED) is 0.719. The van der Waals surface area contributed by atoms with Gasteiger partial charge in [-0.2, -0.15) is 0 Å². The summed E-state index contributed by atoms with van der Waals surface area (Å²) in [4.78, 5) is 11.3. The number of ether oxygens (including phenoxy) is 5. The number of esters is 1. The molecule has 0 aromatic rings. The summed E-state index contributed by atoms with van der Waals surface area (Å²) in [6.45, 7) is 2.97. The van der Waals surface area contributed by atoms with Crippen molar-refractivity contribution in [3.63, 3.8) is 0 Å². The molecule has 21 heavy (non-hydrogen) atoms. The summed E-state index contributed by atoms with van der Waals surface area (Å²) in [6, 6.07) is 0. The molecule has 116 valence electrons. The van der Waals surface area contributed by atoms with Crippen LogP contribution in [0.4, 0.5) is 0 Å². The highest BCUT2D eigenvalue weighted by Crippen LogP contribution is 2.61. The summed E-state index contributed by atoms with van der Waals surface area (Å²) in [7, 11) is 0. The minimum Gasteiger partial charge on any atom is -0.473 e. The topological polar surface area (TPSA) is 63.2 Å². The van der Waals surface area contributed by atoms with Crippen LogP contribution in [0.2, 0.25) is 0 Å². The summed E-state index contributed by atoms with van der Waals surface area (Å²) < 4.78 is 28.8. The van der Waals surface area contributed by atoms with Gasteiger partial charge in [-0.15, -0.1) is 0 Å². The molecule has 2 bridgehead atoms. The van der Waals surface area contributed by atoms with Gasteiger partial charge in [0.2, 0.25) is 6.29 Å². The Morgan fingerprint density at radius 3 is 2.90 bits per heavy atom. The zero-order valence-corrected chi connectivity index (χ0v) is 12.1. The average molecular weight is 296 g/mol. The third-order valence-electron chi connectivity index (χ3n) is 5.21. The van der Waals surface area contributed by atoms with E-state index in [9.17, 15) is 4.79 Å². The van der Waals surface area contributed by atoms with Gasteiger partial charge in [0.25, 0.3) is 0 Å². The Hall–Kier alpha value is -1.11. The van der Waals surface area contributed by atoms with E-state index >= 15 is 0 Å². The molecule has 4 aliphatic rings. The Kier molecular flexibility index (Phi) is 2.87. The van der Waals surface area contributed by atoms with Crippen molar-refractivity contribution >= 4 is 5.97 Å². The van der Waals surface area contributed by atoms with Gasteiger partial charge in [-0.05, 0) is 12.5 Å². The third-order valence-corrected chi connectivity index (χ3v) is 5.21. The first kappa shape index (κ1) is 13.5. The molecule has 0 amide bonds. The molecule has 6 nitrogen and oxygen atoms in total. The van der Waals surface area contributed by atoms with E-state index in [2.05, 4.69) is 0 Å². The van der Waals surface area contributed by atoms with E-state index in [0.717, 1.165) is 12.8 Å². The van der Waals surface area contributed by atoms with E-state index in [4.69, 9.17) is 23.7 Å². The highest BCUT2D eigenvalue weighted by atomic mass is 16.7. The van der Waals surface area contributed by atoms with Crippen LogP contribution in [0.3, 0.4) is 0 Å². The Morgan fingerprint density at radius 1 is 1.33 bits per heavy atom. The molecular weight excluding hydrogens is 276 g/mol. The monoisotopic (exact) mass is 296 g/mol. The second-order valence-corrected chi connectivity index (χ2v) is 6.42. The third kappa shape index (κ3) is 1.93. The van der Waals surface area contributed by atoms with Crippen LogP contribution in [0, 0.1) is 5.41 Å². The number of fused-ring (bicyclic) bond motifs is 1. The zero-order valence-electron chi connectivity index (χ0n) is 12.1. The van der Waals surface area contributed by atoms with Crippen LogP contribution < -0.4 is 0 Å². The van der Waals surface area contributed by atoms with Crippen LogP contribution in [0.5, 0.6) is 0 Å². The van der Waals surface area contributed by atoms with Crippen LogP contribution >= 0.6 is 0 Å². The number of carbonyl (C=O) groups excluding carboxylic acids is 1. The number of hydrogen-bond acceptors (Lipinski definition) is 6. The van der Waals surface area contributed by atoms with E-state index in [0.29, 0.717) is 32.7 Å². The van der Waals surface area contributed by atoms with Crippen molar-refractivity contribution in [3.8, 4) is 0 Å². The number of rotatable bonds is 2. The van der Waals surface area contributed by atoms with Gasteiger partial charge in [-0.25, -0.2) is 0 Å². The Morgan fingerprint density at radius 2 is 2.14 bits per heavy atom. The summed E-state index contributed by atoms with van der Waals surface area (Å²) in [6.07, 6.45) is 6.33. The van der Waals surface area contributed by atoms with Gasteiger partial charge in [0.05, 0.1) is 19.5 Å². The van der Waals surface area contributed by atoms with Crippen molar-refractivity contribution in [2.45, 2.75) is 50.3 Å². The second-order valence-electron chi connectivity index (χ2n) is 6.42.